The van der Waals surface area contributed by atoms with Gasteiger partial charge in [0.05, 0.1) is 18.6 Å². The van der Waals surface area contributed by atoms with Gasteiger partial charge in [-0.15, -0.1) is 0 Å². The Morgan fingerprint density at radius 1 is 1.38 bits per heavy atom. The number of piperidine rings is 1. The molecule has 2 aliphatic rings. The molecule has 2 N–H and O–H groups in total. The SMILES string of the molecule is CN1C(=O)CC[C@H](C(=O)NCC2(CO)CC2)[C@H]1c1ccc(F)cc1. The zero-order valence-corrected chi connectivity index (χ0v) is 13.8. The molecule has 130 valence electrons. The fraction of sp³-hybridized carbons (Fsp3) is 0.556. The Kier molecular flexibility index (Phi) is 4.58. The summed E-state index contributed by atoms with van der Waals surface area (Å²) >= 11 is 0. The van der Waals surface area contributed by atoms with Crippen molar-refractivity contribution in [2.75, 3.05) is 20.2 Å². The highest BCUT2D eigenvalue weighted by Gasteiger charge is 2.44. The largest absolute Gasteiger partial charge is 0.396 e. The van der Waals surface area contributed by atoms with Gasteiger partial charge in [0.1, 0.15) is 5.82 Å². The monoisotopic (exact) mass is 334 g/mol. The molecule has 1 aliphatic heterocycles. The number of aliphatic hydroxyl groups excluding tert-OH is 1. The quantitative estimate of drug-likeness (QED) is 0.860. The zero-order chi connectivity index (χ0) is 17.3. The number of amides is 2. The molecule has 1 aromatic carbocycles. The molecule has 3 rings (SSSR count). The third-order valence-corrected chi connectivity index (χ3v) is 5.34. The van der Waals surface area contributed by atoms with Crippen LogP contribution in [0, 0.1) is 17.2 Å². The van der Waals surface area contributed by atoms with Gasteiger partial charge in [0, 0.05) is 25.4 Å². The van der Waals surface area contributed by atoms with E-state index in [4.69, 9.17) is 0 Å². The molecule has 1 aliphatic carbocycles. The number of nitrogens with zero attached hydrogens (tertiary/aromatic N) is 1. The minimum atomic E-state index is -0.392. The van der Waals surface area contributed by atoms with Gasteiger partial charge in [-0.1, -0.05) is 12.1 Å². The molecule has 2 amide bonds. The summed E-state index contributed by atoms with van der Waals surface area (Å²) in [7, 11) is 1.69. The van der Waals surface area contributed by atoms with Crippen LogP contribution in [0.5, 0.6) is 0 Å². The van der Waals surface area contributed by atoms with Crippen LogP contribution < -0.4 is 5.32 Å². The molecule has 0 aromatic heterocycles. The summed E-state index contributed by atoms with van der Waals surface area (Å²) in [4.78, 5) is 26.3. The van der Waals surface area contributed by atoms with E-state index >= 15 is 0 Å². The first-order valence-electron chi connectivity index (χ1n) is 8.35. The van der Waals surface area contributed by atoms with Crippen LogP contribution in [0.15, 0.2) is 24.3 Å². The molecule has 1 aromatic rings. The number of benzene rings is 1. The van der Waals surface area contributed by atoms with Crippen molar-refractivity contribution in [1.82, 2.24) is 10.2 Å². The van der Waals surface area contributed by atoms with Crippen LogP contribution in [0.25, 0.3) is 0 Å². The summed E-state index contributed by atoms with van der Waals surface area (Å²) in [5, 5.41) is 12.3. The van der Waals surface area contributed by atoms with Crippen molar-refractivity contribution in [1.29, 1.82) is 0 Å². The highest BCUT2D eigenvalue weighted by molar-refractivity contribution is 5.85. The molecule has 5 nitrogen and oxygen atoms in total. The van der Waals surface area contributed by atoms with Crippen LogP contribution >= 0.6 is 0 Å². The van der Waals surface area contributed by atoms with Crippen molar-refractivity contribution in [3.8, 4) is 0 Å². The fourth-order valence-electron chi connectivity index (χ4n) is 3.40. The molecule has 0 unspecified atom stereocenters. The molecule has 1 heterocycles. The molecular formula is C18H23FN2O3. The first-order valence-corrected chi connectivity index (χ1v) is 8.35. The van der Waals surface area contributed by atoms with E-state index in [1.54, 1.807) is 24.1 Å². The first kappa shape index (κ1) is 16.9. The molecule has 6 heteroatoms. The maximum absolute atomic E-state index is 13.2. The topological polar surface area (TPSA) is 69.6 Å². The molecule has 0 radical (unpaired) electrons. The summed E-state index contributed by atoms with van der Waals surface area (Å²) in [5.74, 6) is -0.832. The molecule has 0 bridgehead atoms. The minimum absolute atomic E-state index is 0.0117. The van der Waals surface area contributed by atoms with E-state index in [2.05, 4.69) is 5.32 Å². The number of aliphatic hydroxyl groups is 1. The average Bonchev–Trinajstić information content (AvgIpc) is 3.37. The van der Waals surface area contributed by atoms with Crippen LogP contribution in [-0.4, -0.2) is 42.0 Å². The summed E-state index contributed by atoms with van der Waals surface area (Å²) in [5.41, 5.74) is 0.604. The lowest BCUT2D eigenvalue weighted by Gasteiger charge is -2.38. The van der Waals surface area contributed by atoms with E-state index in [-0.39, 0.29) is 35.6 Å². The molecule has 0 spiro atoms. The second-order valence-electron chi connectivity index (χ2n) is 7.02. The normalized spacial score (nSPS) is 25.5. The van der Waals surface area contributed by atoms with Crippen molar-refractivity contribution < 1.29 is 19.1 Å². The van der Waals surface area contributed by atoms with Crippen molar-refractivity contribution in [3.63, 3.8) is 0 Å². The number of rotatable bonds is 5. The Bertz CT molecular complexity index is 628. The molecule has 1 saturated carbocycles. The molecule has 1 saturated heterocycles. The zero-order valence-electron chi connectivity index (χ0n) is 13.8. The Morgan fingerprint density at radius 2 is 2.04 bits per heavy atom. The smallest absolute Gasteiger partial charge is 0.225 e. The number of carbonyl (C=O) groups is 2. The van der Waals surface area contributed by atoms with Crippen LogP contribution in [0.2, 0.25) is 0 Å². The average molecular weight is 334 g/mol. The predicted molar refractivity (Wildman–Crippen MR) is 86.4 cm³/mol. The second-order valence-corrected chi connectivity index (χ2v) is 7.02. The van der Waals surface area contributed by atoms with Crippen LogP contribution in [0.3, 0.4) is 0 Å². The lowest BCUT2D eigenvalue weighted by molar-refractivity contribution is -0.141. The van der Waals surface area contributed by atoms with Crippen molar-refractivity contribution >= 4 is 11.8 Å². The Balaban J connectivity index is 1.77. The van der Waals surface area contributed by atoms with Crippen molar-refractivity contribution in [3.05, 3.63) is 35.6 Å². The van der Waals surface area contributed by atoms with E-state index in [0.29, 0.717) is 19.4 Å². The van der Waals surface area contributed by atoms with Crippen LogP contribution in [-0.2, 0) is 9.59 Å². The number of hydrogen-bond donors (Lipinski definition) is 2. The maximum atomic E-state index is 13.2. The molecular weight excluding hydrogens is 311 g/mol. The van der Waals surface area contributed by atoms with Gasteiger partial charge in [-0.2, -0.15) is 0 Å². The van der Waals surface area contributed by atoms with E-state index in [9.17, 15) is 19.1 Å². The lowest BCUT2D eigenvalue weighted by Crippen LogP contribution is -2.47. The summed E-state index contributed by atoms with van der Waals surface area (Å²) < 4.78 is 13.2. The van der Waals surface area contributed by atoms with Crippen LogP contribution in [0.1, 0.15) is 37.3 Å². The number of likely N-dealkylation sites (tertiary alicyclic amines) is 1. The summed E-state index contributed by atoms with van der Waals surface area (Å²) in [6.45, 7) is 0.546. The third kappa shape index (κ3) is 3.29. The maximum Gasteiger partial charge on any atom is 0.225 e. The fourth-order valence-corrected chi connectivity index (χ4v) is 3.40. The number of carbonyl (C=O) groups excluding carboxylic acids is 2. The van der Waals surface area contributed by atoms with Gasteiger partial charge in [-0.25, -0.2) is 4.39 Å². The standard InChI is InChI=1S/C18H23FN2O3/c1-21-15(23)7-6-14(16(21)12-2-4-13(19)5-3-12)17(24)20-10-18(11-22)8-9-18/h2-5,14,16,22H,6-11H2,1H3,(H,20,24)/t14-,16+/m0/s1. The number of halogens is 1. The van der Waals surface area contributed by atoms with Gasteiger partial charge in [0.2, 0.25) is 11.8 Å². The number of hydrogen-bond acceptors (Lipinski definition) is 3. The molecule has 2 atom stereocenters. The van der Waals surface area contributed by atoms with E-state index in [1.807, 2.05) is 0 Å². The summed E-state index contributed by atoms with van der Waals surface area (Å²) in [6, 6.07) is 5.57. The van der Waals surface area contributed by atoms with E-state index in [0.717, 1.165) is 18.4 Å². The minimum Gasteiger partial charge on any atom is -0.396 e. The van der Waals surface area contributed by atoms with E-state index in [1.165, 1.54) is 12.1 Å². The highest BCUT2D eigenvalue weighted by Crippen LogP contribution is 2.44. The predicted octanol–water partition coefficient (Wildman–Crippen LogP) is 1.62. The van der Waals surface area contributed by atoms with Crippen molar-refractivity contribution in [2.24, 2.45) is 11.3 Å². The van der Waals surface area contributed by atoms with Gasteiger partial charge >= 0.3 is 0 Å². The van der Waals surface area contributed by atoms with Gasteiger partial charge in [-0.3, -0.25) is 9.59 Å². The lowest BCUT2D eigenvalue weighted by atomic mass is 9.84. The summed E-state index contributed by atoms with van der Waals surface area (Å²) in [6.07, 6.45) is 2.66. The van der Waals surface area contributed by atoms with Gasteiger partial charge < -0.3 is 15.3 Å². The Labute approximate surface area is 140 Å². The first-order chi connectivity index (χ1) is 11.5. The second kappa shape index (κ2) is 6.51. The molecule has 24 heavy (non-hydrogen) atoms. The van der Waals surface area contributed by atoms with Gasteiger partial charge in [-0.05, 0) is 37.0 Å². The molecule has 2 fully saturated rings. The van der Waals surface area contributed by atoms with Crippen molar-refractivity contribution in [2.45, 2.75) is 31.7 Å². The number of nitrogens with one attached hydrogen (secondary N) is 1. The Hall–Kier alpha value is -1.95. The van der Waals surface area contributed by atoms with Crippen LogP contribution in [0.4, 0.5) is 4.39 Å². The third-order valence-electron chi connectivity index (χ3n) is 5.34. The Morgan fingerprint density at radius 3 is 2.62 bits per heavy atom. The van der Waals surface area contributed by atoms with Gasteiger partial charge in [0.15, 0.2) is 0 Å². The van der Waals surface area contributed by atoms with E-state index < -0.39 is 6.04 Å². The van der Waals surface area contributed by atoms with Gasteiger partial charge in [0.25, 0.3) is 0 Å². The highest BCUT2D eigenvalue weighted by atomic mass is 19.1.